The number of benzene rings is 1. The number of hydrogen-bond donors (Lipinski definition) is 1. The molecule has 4 nitrogen and oxygen atoms in total. The summed E-state index contributed by atoms with van der Waals surface area (Å²) in [5.74, 6) is 2.63. The Kier molecular flexibility index (Phi) is 4.32. The van der Waals surface area contributed by atoms with Gasteiger partial charge < -0.3 is 9.84 Å². The predicted molar refractivity (Wildman–Crippen MR) is 97.6 cm³/mol. The summed E-state index contributed by atoms with van der Waals surface area (Å²) >= 11 is 6.28. The van der Waals surface area contributed by atoms with Crippen LogP contribution < -0.4 is 5.32 Å². The largest absolute Gasteiger partial charge is 0.360 e. The van der Waals surface area contributed by atoms with E-state index in [1.807, 2.05) is 18.2 Å². The summed E-state index contributed by atoms with van der Waals surface area (Å²) < 4.78 is 5.31. The van der Waals surface area contributed by atoms with Crippen LogP contribution in [-0.4, -0.2) is 17.1 Å². The molecule has 2 bridgehead atoms. The smallest absolute Gasteiger partial charge is 0.257 e. The Morgan fingerprint density at radius 1 is 1.32 bits per heavy atom. The van der Waals surface area contributed by atoms with Crippen LogP contribution in [0.4, 0.5) is 0 Å². The summed E-state index contributed by atoms with van der Waals surface area (Å²) in [5, 5.41) is 7.85. The molecule has 2 fully saturated rings. The molecular formula is C20H23ClN2O2. The second-order valence-electron chi connectivity index (χ2n) is 7.54. The average Bonchev–Trinajstić information content (AvgIpc) is 3.30. The van der Waals surface area contributed by atoms with Crippen molar-refractivity contribution in [3.63, 3.8) is 0 Å². The number of amides is 1. The van der Waals surface area contributed by atoms with Crippen LogP contribution in [0, 0.1) is 24.7 Å². The van der Waals surface area contributed by atoms with Crippen molar-refractivity contribution in [1.29, 1.82) is 0 Å². The van der Waals surface area contributed by atoms with Crippen LogP contribution in [0.15, 0.2) is 28.8 Å². The zero-order valence-electron chi connectivity index (χ0n) is 14.6. The molecule has 4 unspecified atom stereocenters. The summed E-state index contributed by atoms with van der Waals surface area (Å²) in [6.07, 6.45) is 5.25. The Morgan fingerprint density at radius 2 is 2.12 bits per heavy atom. The van der Waals surface area contributed by atoms with Crippen LogP contribution in [0.25, 0.3) is 11.3 Å². The predicted octanol–water partition coefficient (Wildman–Crippen LogP) is 4.86. The topological polar surface area (TPSA) is 55.1 Å². The molecular weight excluding hydrogens is 336 g/mol. The van der Waals surface area contributed by atoms with E-state index in [2.05, 4.69) is 17.4 Å². The van der Waals surface area contributed by atoms with Gasteiger partial charge in [-0.2, -0.15) is 0 Å². The molecule has 1 aromatic heterocycles. The fraction of sp³-hybridized carbons (Fsp3) is 0.500. The summed E-state index contributed by atoms with van der Waals surface area (Å²) in [5.41, 5.74) is 1.72. The highest BCUT2D eigenvalue weighted by Crippen LogP contribution is 2.49. The number of aryl methyl sites for hydroxylation is 1. The van der Waals surface area contributed by atoms with Gasteiger partial charge in [0.2, 0.25) is 0 Å². The maximum Gasteiger partial charge on any atom is 0.257 e. The fourth-order valence-electron chi connectivity index (χ4n) is 4.77. The van der Waals surface area contributed by atoms with E-state index in [1.165, 1.54) is 25.7 Å². The third-order valence-corrected chi connectivity index (χ3v) is 6.34. The lowest BCUT2D eigenvalue weighted by atomic mass is 9.84. The fourth-order valence-corrected chi connectivity index (χ4v) is 4.99. The molecule has 2 aliphatic rings. The molecule has 1 N–H and O–H groups in total. The van der Waals surface area contributed by atoms with Gasteiger partial charge in [-0.15, -0.1) is 0 Å². The zero-order chi connectivity index (χ0) is 17.6. The van der Waals surface area contributed by atoms with E-state index in [-0.39, 0.29) is 11.9 Å². The lowest BCUT2D eigenvalue weighted by molar-refractivity contribution is 0.0914. The van der Waals surface area contributed by atoms with Gasteiger partial charge in [0.25, 0.3) is 5.91 Å². The number of aromatic nitrogens is 1. The Hall–Kier alpha value is -1.81. The summed E-state index contributed by atoms with van der Waals surface area (Å²) in [6.45, 7) is 3.89. The molecule has 25 heavy (non-hydrogen) atoms. The van der Waals surface area contributed by atoms with Crippen LogP contribution in [0.1, 0.15) is 48.7 Å². The quantitative estimate of drug-likeness (QED) is 0.849. The number of carbonyl (C=O) groups is 1. The van der Waals surface area contributed by atoms with E-state index in [0.717, 1.165) is 17.4 Å². The Morgan fingerprint density at radius 3 is 2.80 bits per heavy atom. The minimum atomic E-state index is -0.121. The van der Waals surface area contributed by atoms with Crippen LogP contribution in [-0.2, 0) is 0 Å². The minimum absolute atomic E-state index is 0.121. The van der Waals surface area contributed by atoms with Crippen molar-refractivity contribution in [2.45, 2.75) is 45.6 Å². The lowest BCUT2D eigenvalue weighted by Gasteiger charge is -2.28. The first-order valence-corrected chi connectivity index (χ1v) is 9.44. The van der Waals surface area contributed by atoms with Gasteiger partial charge in [0.05, 0.1) is 5.02 Å². The van der Waals surface area contributed by atoms with Gasteiger partial charge in [0, 0.05) is 11.6 Å². The third kappa shape index (κ3) is 2.97. The Labute approximate surface area is 152 Å². The molecule has 2 aliphatic carbocycles. The standard InChI is InChI=1S/C20H23ClN2O2/c1-11(16-10-13-7-8-14(16)9-13)22-20(24)18-12(2)25-23-19(18)15-5-3-4-6-17(15)21/h3-6,11,13-14,16H,7-10H2,1-2H3,(H,22,24). The highest BCUT2D eigenvalue weighted by Gasteiger charge is 2.42. The highest BCUT2D eigenvalue weighted by atomic mass is 35.5. The van der Waals surface area contributed by atoms with Crippen molar-refractivity contribution in [3.8, 4) is 11.3 Å². The number of halogens is 1. The molecule has 0 spiro atoms. The van der Waals surface area contributed by atoms with Crippen molar-refractivity contribution in [2.75, 3.05) is 0 Å². The number of nitrogens with zero attached hydrogens (tertiary/aromatic N) is 1. The molecule has 2 aromatic rings. The van der Waals surface area contributed by atoms with Gasteiger partial charge in [-0.3, -0.25) is 4.79 Å². The zero-order valence-corrected chi connectivity index (χ0v) is 15.3. The molecule has 4 rings (SSSR count). The van der Waals surface area contributed by atoms with Gasteiger partial charge in [0.15, 0.2) is 0 Å². The third-order valence-electron chi connectivity index (χ3n) is 6.01. The normalized spacial score (nSPS) is 26.0. The molecule has 4 atom stereocenters. The van der Waals surface area contributed by atoms with Gasteiger partial charge in [-0.05, 0) is 56.9 Å². The second kappa shape index (κ2) is 6.49. The molecule has 5 heteroatoms. The SMILES string of the molecule is Cc1onc(-c2ccccc2Cl)c1C(=O)NC(C)C1CC2CCC1C2. The monoisotopic (exact) mass is 358 g/mol. The van der Waals surface area contributed by atoms with E-state index < -0.39 is 0 Å². The van der Waals surface area contributed by atoms with Crippen molar-refractivity contribution < 1.29 is 9.32 Å². The number of nitrogens with one attached hydrogen (secondary N) is 1. The Bertz CT molecular complexity index is 801. The number of hydrogen-bond acceptors (Lipinski definition) is 3. The van der Waals surface area contributed by atoms with E-state index in [0.29, 0.717) is 28.0 Å². The maximum absolute atomic E-state index is 13.0. The van der Waals surface area contributed by atoms with Crippen molar-refractivity contribution >= 4 is 17.5 Å². The summed E-state index contributed by atoms with van der Waals surface area (Å²) in [4.78, 5) is 13.0. The minimum Gasteiger partial charge on any atom is -0.360 e. The Balaban J connectivity index is 1.56. The van der Waals surface area contributed by atoms with Crippen LogP contribution in [0.2, 0.25) is 5.02 Å². The van der Waals surface area contributed by atoms with Gasteiger partial charge in [0.1, 0.15) is 17.0 Å². The van der Waals surface area contributed by atoms with Crippen LogP contribution in [0.3, 0.4) is 0 Å². The molecule has 1 amide bonds. The van der Waals surface area contributed by atoms with Crippen molar-refractivity contribution in [1.82, 2.24) is 10.5 Å². The van der Waals surface area contributed by atoms with Gasteiger partial charge >= 0.3 is 0 Å². The van der Waals surface area contributed by atoms with Crippen LogP contribution in [0.5, 0.6) is 0 Å². The van der Waals surface area contributed by atoms with Crippen LogP contribution >= 0.6 is 11.6 Å². The molecule has 0 saturated heterocycles. The summed E-state index contributed by atoms with van der Waals surface area (Å²) in [6, 6.07) is 7.55. The van der Waals surface area contributed by atoms with E-state index >= 15 is 0 Å². The number of rotatable bonds is 4. The molecule has 1 aromatic carbocycles. The van der Waals surface area contributed by atoms with Crippen molar-refractivity contribution in [3.05, 3.63) is 40.6 Å². The van der Waals surface area contributed by atoms with Gasteiger partial charge in [-0.25, -0.2) is 0 Å². The first-order chi connectivity index (χ1) is 12.0. The first kappa shape index (κ1) is 16.6. The van der Waals surface area contributed by atoms with Crippen molar-refractivity contribution in [2.24, 2.45) is 17.8 Å². The van der Waals surface area contributed by atoms with E-state index in [4.69, 9.17) is 16.1 Å². The molecule has 132 valence electrons. The van der Waals surface area contributed by atoms with E-state index in [9.17, 15) is 4.79 Å². The molecule has 0 aliphatic heterocycles. The second-order valence-corrected chi connectivity index (χ2v) is 7.95. The highest BCUT2D eigenvalue weighted by molar-refractivity contribution is 6.33. The van der Waals surface area contributed by atoms with Gasteiger partial charge in [-0.1, -0.05) is 41.4 Å². The maximum atomic E-state index is 13.0. The number of fused-ring (bicyclic) bond motifs is 2. The lowest BCUT2D eigenvalue weighted by Crippen LogP contribution is -2.40. The summed E-state index contributed by atoms with van der Waals surface area (Å²) in [7, 11) is 0. The molecule has 0 radical (unpaired) electrons. The first-order valence-electron chi connectivity index (χ1n) is 9.06. The number of carbonyl (C=O) groups excluding carboxylic acids is 1. The van der Waals surface area contributed by atoms with E-state index in [1.54, 1.807) is 13.0 Å². The molecule has 1 heterocycles. The average molecular weight is 359 g/mol. The molecule has 2 saturated carbocycles.